The van der Waals surface area contributed by atoms with Crippen molar-refractivity contribution in [2.75, 3.05) is 12.4 Å². The largest absolute Gasteiger partial charge is 0.710 e. The Kier molecular flexibility index (Phi) is 6.16. The number of aryl methyl sites for hydroxylation is 3. The number of nitrogens with zero attached hydrogens (tertiary/aromatic N) is 3. The maximum absolute atomic E-state index is 13.4. The van der Waals surface area contributed by atoms with E-state index >= 15 is 0 Å². The smallest absolute Gasteiger partial charge is 0.290 e. The van der Waals surface area contributed by atoms with Gasteiger partial charge in [0.05, 0.1) is 19.2 Å². The van der Waals surface area contributed by atoms with Gasteiger partial charge in [-0.05, 0) is 60.9 Å². The quantitative estimate of drug-likeness (QED) is 0.232. The molecule has 36 heavy (non-hydrogen) atoms. The van der Waals surface area contributed by atoms with E-state index < -0.39 is 0 Å². The van der Waals surface area contributed by atoms with Gasteiger partial charge >= 0.3 is 0 Å². The van der Waals surface area contributed by atoms with Gasteiger partial charge in [0.15, 0.2) is 5.69 Å². The second kappa shape index (κ2) is 9.58. The van der Waals surface area contributed by atoms with Crippen LogP contribution in [0.1, 0.15) is 22.5 Å². The van der Waals surface area contributed by atoms with Crippen LogP contribution in [-0.2, 0) is 6.54 Å². The van der Waals surface area contributed by atoms with Crippen molar-refractivity contribution in [2.24, 2.45) is 0 Å². The second-order valence-electron chi connectivity index (χ2n) is 8.71. The average Bonchev–Trinajstić information content (AvgIpc) is 3.51. The number of imidazole rings is 1. The first-order valence-corrected chi connectivity index (χ1v) is 11.6. The Hall–Kier alpha value is -4.59. The summed E-state index contributed by atoms with van der Waals surface area (Å²) in [6.45, 7) is 6.42. The van der Waals surface area contributed by atoms with Crippen molar-refractivity contribution < 1.29 is 14.0 Å². The summed E-state index contributed by atoms with van der Waals surface area (Å²) in [6.07, 6.45) is 1.30. The molecule has 0 spiro atoms. The predicted octanol–water partition coefficient (Wildman–Crippen LogP) is 5.58. The minimum atomic E-state index is 0.349. The molecule has 2 heterocycles. The van der Waals surface area contributed by atoms with Gasteiger partial charge in [0.1, 0.15) is 11.4 Å². The van der Waals surface area contributed by atoms with Crippen LogP contribution in [0.25, 0.3) is 33.9 Å². The summed E-state index contributed by atoms with van der Waals surface area (Å²) in [6, 6.07) is 19.7. The third-order valence-electron chi connectivity index (χ3n) is 6.35. The molecule has 2 N–H and O–H groups in total. The van der Waals surface area contributed by atoms with Crippen LogP contribution in [0.5, 0.6) is 5.75 Å². The van der Waals surface area contributed by atoms with Crippen LogP contribution in [0.3, 0.4) is 0 Å². The average molecular weight is 482 g/mol. The van der Waals surface area contributed by atoms with E-state index in [1.165, 1.54) is 6.39 Å². The molecule has 0 aliphatic rings. The van der Waals surface area contributed by atoms with Crippen LogP contribution in [0.2, 0.25) is 0 Å². The van der Waals surface area contributed by atoms with E-state index in [2.05, 4.69) is 46.4 Å². The summed E-state index contributed by atoms with van der Waals surface area (Å²) in [7, 11) is 1.66. The van der Waals surface area contributed by atoms with E-state index in [4.69, 9.17) is 9.26 Å². The highest BCUT2D eigenvalue weighted by Gasteiger charge is 2.21. The predicted molar refractivity (Wildman–Crippen MR) is 138 cm³/mol. The minimum absolute atomic E-state index is 0.349. The van der Waals surface area contributed by atoms with Gasteiger partial charge in [-0.25, -0.2) is 9.71 Å². The molecule has 0 saturated carbocycles. The van der Waals surface area contributed by atoms with Crippen LogP contribution in [0.15, 0.2) is 71.6 Å². The first-order valence-electron chi connectivity index (χ1n) is 11.6. The van der Waals surface area contributed by atoms with Crippen molar-refractivity contribution in [3.63, 3.8) is 0 Å². The highest BCUT2D eigenvalue weighted by Crippen LogP contribution is 2.37. The van der Waals surface area contributed by atoms with Crippen molar-refractivity contribution in [3.05, 3.63) is 94.8 Å². The highest BCUT2D eigenvalue weighted by atomic mass is 16.5. The lowest BCUT2D eigenvalue weighted by atomic mass is 9.93. The fraction of sp³-hybridized carbons (Fsp3) is 0.179. The Morgan fingerprint density at radius 2 is 1.78 bits per heavy atom. The summed E-state index contributed by atoms with van der Waals surface area (Å²) in [5, 5.41) is 20.6. The molecule has 2 aromatic heterocycles. The zero-order chi connectivity index (χ0) is 25.2. The molecule has 5 aromatic rings. The van der Waals surface area contributed by atoms with Gasteiger partial charge in [-0.2, -0.15) is 4.98 Å². The lowest BCUT2D eigenvalue weighted by molar-refractivity contribution is -0.600. The molecule has 0 saturated heterocycles. The van der Waals surface area contributed by atoms with Crippen LogP contribution in [0, 0.1) is 26.0 Å². The van der Waals surface area contributed by atoms with E-state index in [-0.39, 0.29) is 0 Å². The Morgan fingerprint density at radius 3 is 2.50 bits per heavy atom. The molecule has 0 fully saturated rings. The molecule has 0 amide bonds. The Bertz CT molecular complexity index is 1500. The lowest BCUT2D eigenvalue weighted by Crippen LogP contribution is -2.33. The normalized spacial score (nSPS) is 11.0. The Morgan fingerprint density at radius 1 is 1.00 bits per heavy atom. The number of hydrogen-bond acceptors (Lipinski definition) is 6. The van der Waals surface area contributed by atoms with Crippen molar-refractivity contribution in [1.82, 2.24) is 15.1 Å². The summed E-state index contributed by atoms with van der Waals surface area (Å²) >= 11 is 0. The summed E-state index contributed by atoms with van der Waals surface area (Å²) in [5.74, 6) is 1.76. The molecule has 0 aliphatic heterocycles. The Labute approximate surface area is 209 Å². The molecule has 5 rings (SSSR count). The van der Waals surface area contributed by atoms with Gasteiger partial charge in [-0.1, -0.05) is 35.5 Å². The van der Waals surface area contributed by atoms with E-state index in [9.17, 15) is 5.21 Å². The number of hydrogen-bond donors (Lipinski definition) is 2. The zero-order valence-corrected chi connectivity index (χ0v) is 20.6. The first-order chi connectivity index (χ1) is 17.5. The van der Waals surface area contributed by atoms with Gasteiger partial charge in [0.25, 0.3) is 5.82 Å². The number of ether oxygens (including phenoxy) is 1. The van der Waals surface area contributed by atoms with E-state index in [0.29, 0.717) is 23.9 Å². The molecular weight excluding hydrogens is 454 g/mol. The zero-order valence-electron chi connectivity index (χ0n) is 20.6. The van der Waals surface area contributed by atoms with Crippen LogP contribution in [0.4, 0.5) is 5.69 Å². The minimum Gasteiger partial charge on any atom is -0.710 e. The molecule has 3 aromatic carbocycles. The third-order valence-corrected chi connectivity index (χ3v) is 6.35. The van der Waals surface area contributed by atoms with Crippen LogP contribution < -0.4 is 14.8 Å². The number of nitrogens with one attached hydrogen (secondary N) is 2. The van der Waals surface area contributed by atoms with E-state index in [0.717, 1.165) is 55.2 Å². The third kappa shape index (κ3) is 4.29. The summed E-state index contributed by atoms with van der Waals surface area (Å²) in [4.78, 5) is 7.37. The van der Waals surface area contributed by atoms with Gasteiger partial charge < -0.3 is 19.8 Å². The van der Waals surface area contributed by atoms with Gasteiger partial charge in [-0.15, -0.1) is 0 Å². The van der Waals surface area contributed by atoms with Crippen LogP contribution >= 0.6 is 0 Å². The first kappa shape index (κ1) is 23.2. The second-order valence-corrected chi connectivity index (χ2v) is 8.71. The SMILES string of the molecule is COc1ccc(-c2[nH]c(C)c(CNc3cccc(-c4ncon4)c3)[n+]2[O-])cc1-c1c(C)cccc1C. The summed E-state index contributed by atoms with van der Waals surface area (Å²) in [5.41, 5.74) is 8.24. The molecule has 182 valence electrons. The molecule has 8 heteroatoms. The number of rotatable bonds is 7. The monoisotopic (exact) mass is 481 g/mol. The highest BCUT2D eigenvalue weighted by molar-refractivity contribution is 5.79. The van der Waals surface area contributed by atoms with E-state index in [1.54, 1.807) is 7.11 Å². The van der Waals surface area contributed by atoms with Crippen molar-refractivity contribution in [2.45, 2.75) is 27.3 Å². The van der Waals surface area contributed by atoms with Crippen molar-refractivity contribution in [3.8, 4) is 39.7 Å². The lowest BCUT2D eigenvalue weighted by Gasteiger charge is -2.15. The van der Waals surface area contributed by atoms with E-state index in [1.807, 2.05) is 55.5 Å². The number of benzene rings is 3. The fourth-order valence-corrected chi connectivity index (χ4v) is 4.52. The molecule has 0 radical (unpaired) electrons. The van der Waals surface area contributed by atoms with Crippen molar-refractivity contribution in [1.29, 1.82) is 0 Å². The maximum Gasteiger partial charge on any atom is 0.290 e. The number of methoxy groups -OCH3 is 1. The molecule has 0 bridgehead atoms. The maximum atomic E-state index is 13.4. The number of aromatic nitrogens is 4. The number of H-pyrrole nitrogens is 1. The van der Waals surface area contributed by atoms with Gasteiger partial charge in [0, 0.05) is 23.7 Å². The summed E-state index contributed by atoms with van der Waals surface area (Å²) < 4.78 is 11.5. The standard InChI is InChI=1S/C28H27N5O3/c1-17-7-5-8-18(2)26(17)23-14-21(11-12-25(23)35-4)28-31-19(3)24(33(28)34)15-29-22-10-6-9-20(13-22)27-30-16-36-32-27/h5-14,16,29,31H,15H2,1-4H3. The number of anilines is 1. The molecule has 0 aliphatic carbocycles. The molecular formula is C28H27N5O3. The fourth-order valence-electron chi connectivity index (χ4n) is 4.52. The molecule has 0 atom stereocenters. The molecule has 8 nitrogen and oxygen atoms in total. The Balaban J connectivity index is 1.46. The van der Waals surface area contributed by atoms with Gasteiger partial charge in [0.2, 0.25) is 12.2 Å². The topological polar surface area (TPSA) is 103 Å². The number of aromatic amines is 1. The van der Waals surface area contributed by atoms with Crippen molar-refractivity contribution >= 4 is 5.69 Å². The van der Waals surface area contributed by atoms with Gasteiger partial charge in [-0.3, -0.25) is 0 Å². The molecule has 0 unspecified atom stereocenters. The van der Waals surface area contributed by atoms with Crippen LogP contribution in [-0.4, -0.2) is 22.2 Å².